The van der Waals surface area contributed by atoms with Crippen molar-refractivity contribution in [3.05, 3.63) is 56.5 Å². The van der Waals surface area contributed by atoms with E-state index in [9.17, 15) is 4.39 Å². The molecule has 1 aromatic carbocycles. The Morgan fingerprint density at radius 1 is 1.37 bits per heavy atom. The molecule has 3 rings (SSSR count). The third-order valence-corrected chi connectivity index (χ3v) is 4.74. The second-order valence-electron chi connectivity index (χ2n) is 4.90. The van der Waals surface area contributed by atoms with E-state index in [-0.39, 0.29) is 5.82 Å². The molecule has 0 aliphatic heterocycles. The fourth-order valence-electron chi connectivity index (χ4n) is 2.65. The average Bonchev–Trinajstić information content (AvgIpc) is 2.83. The van der Waals surface area contributed by atoms with Gasteiger partial charge >= 0.3 is 0 Å². The van der Waals surface area contributed by atoms with Crippen LogP contribution in [0.25, 0.3) is 0 Å². The van der Waals surface area contributed by atoms with Crippen molar-refractivity contribution in [3.63, 3.8) is 0 Å². The number of thiophene rings is 1. The van der Waals surface area contributed by atoms with Gasteiger partial charge in [0.05, 0.1) is 0 Å². The van der Waals surface area contributed by atoms with Crippen LogP contribution in [0.15, 0.2) is 29.6 Å². The second-order valence-corrected chi connectivity index (χ2v) is 6.34. The average molecular weight is 296 g/mol. The number of aryl methyl sites for hydroxylation is 1. The lowest BCUT2D eigenvalue weighted by Gasteiger charge is -2.24. The third kappa shape index (κ3) is 2.99. The van der Waals surface area contributed by atoms with Crippen molar-refractivity contribution >= 4 is 22.9 Å². The quantitative estimate of drug-likeness (QED) is 0.865. The summed E-state index contributed by atoms with van der Waals surface area (Å²) in [5.41, 5.74) is 2.31. The molecule has 100 valence electrons. The van der Waals surface area contributed by atoms with E-state index in [0.29, 0.717) is 17.6 Å². The van der Waals surface area contributed by atoms with Crippen molar-refractivity contribution in [1.82, 2.24) is 5.32 Å². The molecule has 1 atom stereocenters. The molecule has 0 amide bonds. The monoisotopic (exact) mass is 295 g/mol. The summed E-state index contributed by atoms with van der Waals surface area (Å²) < 4.78 is 13.3. The standard InChI is InChI=1S/C15H15ClFNS/c16-11-6-10(7-12(17)8-11)9-18-14-2-1-3-15-13(14)4-5-19-15/h4-8,14,18H,1-3,9H2. The minimum absolute atomic E-state index is 0.274. The number of hydrogen-bond acceptors (Lipinski definition) is 2. The van der Waals surface area contributed by atoms with Crippen LogP contribution < -0.4 is 5.32 Å². The molecule has 1 N–H and O–H groups in total. The summed E-state index contributed by atoms with van der Waals surface area (Å²) in [6.45, 7) is 0.650. The van der Waals surface area contributed by atoms with Crippen molar-refractivity contribution < 1.29 is 4.39 Å². The molecule has 1 heterocycles. The summed E-state index contributed by atoms with van der Waals surface area (Å²) in [6.07, 6.45) is 3.55. The van der Waals surface area contributed by atoms with Crippen molar-refractivity contribution in [2.75, 3.05) is 0 Å². The first-order valence-electron chi connectivity index (χ1n) is 6.47. The van der Waals surface area contributed by atoms with Gasteiger partial charge in [-0.25, -0.2) is 4.39 Å². The summed E-state index contributed by atoms with van der Waals surface area (Å²) in [5, 5.41) is 6.13. The fourth-order valence-corrected chi connectivity index (χ4v) is 3.88. The summed E-state index contributed by atoms with van der Waals surface area (Å²) in [6, 6.07) is 7.28. The molecular weight excluding hydrogens is 281 g/mol. The van der Waals surface area contributed by atoms with E-state index in [0.717, 1.165) is 12.0 Å². The van der Waals surface area contributed by atoms with E-state index in [2.05, 4.69) is 16.8 Å². The van der Waals surface area contributed by atoms with Crippen LogP contribution in [-0.4, -0.2) is 0 Å². The van der Waals surface area contributed by atoms with Crippen LogP contribution in [0, 0.1) is 5.82 Å². The highest BCUT2D eigenvalue weighted by Crippen LogP contribution is 2.33. The maximum absolute atomic E-state index is 13.3. The van der Waals surface area contributed by atoms with Gasteiger partial charge in [0.25, 0.3) is 0 Å². The predicted octanol–water partition coefficient (Wildman–Crippen LogP) is 4.71. The lowest BCUT2D eigenvalue weighted by atomic mass is 9.94. The van der Waals surface area contributed by atoms with Crippen molar-refractivity contribution in [2.45, 2.75) is 31.8 Å². The van der Waals surface area contributed by atoms with Crippen LogP contribution in [0.2, 0.25) is 5.02 Å². The normalized spacial score (nSPS) is 18.3. The maximum atomic E-state index is 13.3. The predicted molar refractivity (Wildman–Crippen MR) is 78.2 cm³/mol. The molecule has 1 aliphatic carbocycles. The summed E-state index contributed by atoms with van der Waals surface area (Å²) in [5.74, 6) is -0.274. The Balaban J connectivity index is 1.70. The Labute approximate surface area is 121 Å². The molecule has 0 saturated carbocycles. The van der Waals surface area contributed by atoms with Gasteiger partial charge in [0.15, 0.2) is 0 Å². The van der Waals surface area contributed by atoms with Gasteiger partial charge in [-0.05, 0) is 60.0 Å². The molecule has 0 saturated heterocycles. The van der Waals surface area contributed by atoms with Crippen LogP contribution in [0.3, 0.4) is 0 Å². The van der Waals surface area contributed by atoms with Gasteiger partial charge in [-0.2, -0.15) is 0 Å². The molecule has 0 fully saturated rings. The lowest BCUT2D eigenvalue weighted by molar-refractivity contribution is 0.462. The van der Waals surface area contributed by atoms with Crippen molar-refractivity contribution in [1.29, 1.82) is 0 Å². The summed E-state index contributed by atoms with van der Waals surface area (Å²) in [4.78, 5) is 1.49. The van der Waals surface area contributed by atoms with Gasteiger partial charge in [-0.15, -0.1) is 11.3 Å². The molecule has 2 aromatic rings. The van der Waals surface area contributed by atoms with E-state index in [1.807, 2.05) is 17.4 Å². The molecule has 1 unspecified atom stereocenters. The highest BCUT2D eigenvalue weighted by molar-refractivity contribution is 7.10. The van der Waals surface area contributed by atoms with Gasteiger partial charge in [-0.3, -0.25) is 0 Å². The van der Waals surface area contributed by atoms with E-state index < -0.39 is 0 Å². The zero-order chi connectivity index (χ0) is 13.2. The molecule has 0 radical (unpaired) electrons. The number of benzene rings is 1. The van der Waals surface area contributed by atoms with Gasteiger partial charge in [-0.1, -0.05) is 11.6 Å². The lowest BCUT2D eigenvalue weighted by Crippen LogP contribution is -2.23. The van der Waals surface area contributed by atoms with Crippen LogP contribution in [0.1, 0.15) is 34.9 Å². The third-order valence-electron chi connectivity index (χ3n) is 3.53. The largest absolute Gasteiger partial charge is 0.306 e. The van der Waals surface area contributed by atoms with Gasteiger partial charge < -0.3 is 5.32 Å². The SMILES string of the molecule is Fc1cc(Cl)cc(CNC2CCCc3sccc32)c1. The topological polar surface area (TPSA) is 12.0 Å². The highest BCUT2D eigenvalue weighted by atomic mass is 35.5. The molecule has 19 heavy (non-hydrogen) atoms. The van der Waals surface area contributed by atoms with Gasteiger partial charge in [0.2, 0.25) is 0 Å². The number of nitrogens with one attached hydrogen (secondary N) is 1. The van der Waals surface area contributed by atoms with Crippen molar-refractivity contribution in [3.8, 4) is 0 Å². The van der Waals surface area contributed by atoms with Crippen LogP contribution in [0.5, 0.6) is 0 Å². The van der Waals surface area contributed by atoms with Crippen LogP contribution in [0.4, 0.5) is 4.39 Å². The summed E-state index contributed by atoms with van der Waals surface area (Å²) in [7, 11) is 0. The minimum Gasteiger partial charge on any atom is -0.306 e. The van der Waals surface area contributed by atoms with Crippen molar-refractivity contribution in [2.24, 2.45) is 0 Å². The molecule has 1 aromatic heterocycles. The molecule has 4 heteroatoms. The molecule has 1 nitrogen and oxygen atoms in total. The Morgan fingerprint density at radius 3 is 3.11 bits per heavy atom. The van der Waals surface area contributed by atoms with Crippen LogP contribution in [-0.2, 0) is 13.0 Å². The van der Waals surface area contributed by atoms with Crippen LogP contribution >= 0.6 is 22.9 Å². The molecule has 0 bridgehead atoms. The first-order valence-corrected chi connectivity index (χ1v) is 7.73. The molecule has 1 aliphatic rings. The van der Waals surface area contributed by atoms with E-state index >= 15 is 0 Å². The van der Waals surface area contributed by atoms with E-state index in [1.54, 1.807) is 0 Å². The summed E-state index contributed by atoms with van der Waals surface area (Å²) >= 11 is 7.70. The number of rotatable bonds is 3. The number of fused-ring (bicyclic) bond motifs is 1. The fraction of sp³-hybridized carbons (Fsp3) is 0.333. The Hall–Kier alpha value is -0.900. The zero-order valence-corrected chi connectivity index (χ0v) is 12.0. The van der Waals surface area contributed by atoms with E-state index in [4.69, 9.17) is 11.6 Å². The number of halogens is 2. The van der Waals surface area contributed by atoms with E-state index in [1.165, 1.54) is 35.4 Å². The minimum atomic E-state index is -0.274. The maximum Gasteiger partial charge on any atom is 0.125 e. The Bertz CT molecular complexity index is 561. The smallest absolute Gasteiger partial charge is 0.125 e. The first kappa shape index (κ1) is 13.1. The molecule has 0 spiro atoms. The molecular formula is C15H15ClFNS. The van der Waals surface area contributed by atoms with Gasteiger partial charge in [0.1, 0.15) is 5.82 Å². The highest BCUT2D eigenvalue weighted by Gasteiger charge is 2.20. The Morgan fingerprint density at radius 2 is 2.26 bits per heavy atom. The second kappa shape index (κ2) is 5.61. The Kier molecular flexibility index (Phi) is 3.87. The van der Waals surface area contributed by atoms with Gasteiger partial charge in [0, 0.05) is 22.5 Å². The first-order chi connectivity index (χ1) is 9.22. The number of hydrogen-bond donors (Lipinski definition) is 1. The zero-order valence-electron chi connectivity index (χ0n) is 10.5.